The van der Waals surface area contributed by atoms with Crippen LogP contribution in [-0.2, 0) is 9.53 Å². The fraction of sp³-hybridized carbons (Fsp3) is 0.381. The van der Waals surface area contributed by atoms with Crippen molar-refractivity contribution in [1.29, 1.82) is 0 Å². The third kappa shape index (κ3) is 2.66. The molecule has 2 heterocycles. The molecular formula is C21H22ClNO2. The maximum absolute atomic E-state index is 13.1. The summed E-state index contributed by atoms with van der Waals surface area (Å²) in [6.07, 6.45) is 2.58. The second-order valence-electron chi connectivity index (χ2n) is 7.39. The second-order valence-corrected chi connectivity index (χ2v) is 7.39. The highest BCUT2D eigenvalue weighted by Crippen LogP contribution is 2.45. The lowest BCUT2D eigenvalue weighted by Gasteiger charge is -2.20. The Labute approximate surface area is 154 Å². The second kappa shape index (κ2) is 6.47. The maximum atomic E-state index is 13.1. The molecule has 0 aromatic heterocycles. The van der Waals surface area contributed by atoms with Crippen LogP contribution in [0.2, 0.25) is 0 Å². The van der Waals surface area contributed by atoms with Gasteiger partial charge >= 0.3 is 5.97 Å². The molecule has 2 aromatic rings. The third-order valence-corrected chi connectivity index (χ3v) is 6.01. The molecule has 3 aliphatic rings. The Morgan fingerprint density at radius 1 is 0.960 bits per heavy atom. The van der Waals surface area contributed by atoms with Gasteiger partial charge in [-0.15, -0.1) is 0 Å². The van der Waals surface area contributed by atoms with Crippen molar-refractivity contribution in [2.45, 2.75) is 24.9 Å². The molecule has 0 spiro atoms. The van der Waals surface area contributed by atoms with Gasteiger partial charge in [-0.05, 0) is 35.1 Å². The van der Waals surface area contributed by atoms with Gasteiger partial charge < -0.3 is 22.0 Å². The van der Waals surface area contributed by atoms with Crippen molar-refractivity contribution in [2.24, 2.45) is 5.92 Å². The van der Waals surface area contributed by atoms with E-state index in [4.69, 9.17) is 4.74 Å². The molecule has 3 unspecified atom stereocenters. The summed E-state index contributed by atoms with van der Waals surface area (Å²) in [6.45, 7) is 3.40. The van der Waals surface area contributed by atoms with Crippen molar-refractivity contribution in [1.82, 2.24) is 0 Å². The van der Waals surface area contributed by atoms with Crippen LogP contribution in [0.25, 0.3) is 11.1 Å². The molecule has 2 bridgehead atoms. The first-order valence-corrected chi connectivity index (χ1v) is 9.03. The Morgan fingerprint density at radius 2 is 1.60 bits per heavy atom. The van der Waals surface area contributed by atoms with Crippen LogP contribution in [0.1, 0.15) is 29.9 Å². The van der Waals surface area contributed by atoms with Gasteiger partial charge in [0.1, 0.15) is 12.5 Å². The van der Waals surface area contributed by atoms with E-state index in [0.717, 1.165) is 17.7 Å². The Kier molecular flexibility index (Phi) is 4.30. The van der Waals surface area contributed by atoms with Crippen LogP contribution in [0.4, 0.5) is 0 Å². The smallest absolute Gasteiger partial charge is 0.318 e. The van der Waals surface area contributed by atoms with Crippen LogP contribution >= 0.6 is 0 Å². The first-order chi connectivity index (χ1) is 11.8. The molecule has 1 aliphatic carbocycles. The molecule has 1 N–H and O–H groups in total. The van der Waals surface area contributed by atoms with Crippen molar-refractivity contribution in [2.75, 3.05) is 19.6 Å². The lowest BCUT2D eigenvalue weighted by atomic mass is 9.96. The summed E-state index contributed by atoms with van der Waals surface area (Å²) in [4.78, 5) is 14.7. The minimum Gasteiger partial charge on any atom is -1.00 e. The summed E-state index contributed by atoms with van der Waals surface area (Å²) in [5, 5.41) is 0. The third-order valence-electron chi connectivity index (χ3n) is 6.01. The van der Waals surface area contributed by atoms with Crippen LogP contribution < -0.4 is 17.3 Å². The predicted octanol–water partition coefficient (Wildman–Crippen LogP) is -0.977. The number of piperidine rings is 1. The van der Waals surface area contributed by atoms with Gasteiger partial charge in [-0.3, -0.25) is 4.79 Å². The first-order valence-electron chi connectivity index (χ1n) is 9.03. The van der Waals surface area contributed by atoms with Gasteiger partial charge in [-0.25, -0.2) is 0 Å². The highest BCUT2D eigenvalue weighted by molar-refractivity contribution is 5.93. The molecule has 3 atom stereocenters. The molecule has 2 fully saturated rings. The Balaban J connectivity index is 0.00000157. The van der Waals surface area contributed by atoms with Crippen molar-refractivity contribution in [3.05, 3.63) is 59.7 Å². The van der Waals surface area contributed by atoms with Crippen LogP contribution in [0.15, 0.2) is 48.5 Å². The highest BCUT2D eigenvalue weighted by atomic mass is 35.5. The number of carbonyl (C=O) groups excluding carboxylic acids is 1. The summed E-state index contributed by atoms with van der Waals surface area (Å²) in [7, 11) is 0. The average Bonchev–Trinajstić information content (AvgIpc) is 3.09. The topological polar surface area (TPSA) is 30.7 Å². The molecule has 3 nitrogen and oxygen atoms in total. The molecule has 4 heteroatoms. The Hall–Kier alpha value is -1.84. The summed E-state index contributed by atoms with van der Waals surface area (Å²) >= 11 is 0. The van der Waals surface area contributed by atoms with Crippen molar-refractivity contribution >= 4 is 5.97 Å². The van der Waals surface area contributed by atoms with Crippen molar-refractivity contribution in [3.8, 4) is 11.1 Å². The van der Waals surface area contributed by atoms with Gasteiger partial charge in [0.05, 0.1) is 19.0 Å². The number of nitrogens with one attached hydrogen (secondary N) is 1. The molecule has 0 saturated carbocycles. The zero-order valence-corrected chi connectivity index (χ0v) is 14.8. The van der Waals surface area contributed by atoms with E-state index in [2.05, 4.69) is 24.3 Å². The predicted molar refractivity (Wildman–Crippen MR) is 91.9 cm³/mol. The molecule has 5 rings (SSSR count). The number of hydrogen-bond acceptors (Lipinski definition) is 2. The van der Waals surface area contributed by atoms with Gasteiger partial charge in [0.25, 0.3) is 0 Å². The number of carbonyl (C=O) groups is 1. The average molecular weight is 356 g/mol. The maximum Gasteiger partial charge on any atom is 0.318 e. The lowest BCUT2D eigenvalue weighted by molar-refractivity contribution is -0.893. The van der Waals surface area contributed by atoms with Crippen molar-refractivity contribution in [3.63, 3.8) is 0 Å². The monoisotopic (exact) mass is 355 g/mol. The van der Waals surface area contributed by atoms with E-state index in [0.29, 0.717) is 5.92 Å². The SMILES string of the molecule is O=C(OC1C[NH+]2CCCC1C2)C1c2ccccc2-c2ccccc21.[Cl-]. The lowest BCUT2D eigenvalue weighted by Crippen LogP contribution is -3.11. The number of benzene rings is 2. The van der Waals surface area contributed by atoms with E-state index < -0.39 is 0 Å². The normalized spacial score (nSPS) is 26.5. The zero-order chi connectivity index (χ0) is 16.1. The largest absolute Gasteiger partial charge is 1.00 e. The number of rotatable bonds is 2. The zero-order valence-electron chi connectivity index (χ0n) is 14.1. The van der Waals surface area contributed by atoms with E-state index in [-0.39, 0.29) is 30.4 Å². The Bertz CT molecular complexity index is 760. The molecule has 2 aliphatic heterocycles. The summed E-state index contributed by atoms with van der Waals surface area (Å²) in [6, 6.07) is 16.5. The minimum absolute atomic E-state index is 0. The van der Waals surface area contributed by atoms with E-state index in [1.807, 2.05) is 24.3 Å². The molecule has 25 heavy (non-hydrogen) atoms. The molecule has 2 aromatic carbocycles. The van der Waals surface area contributed by atoms with E-state index in [1.54, 1.807) is 4.90 Å². The van der Waals surface area contributed by atoms with Gasteiger partial charge in [0.15, 0.2) is 6.10 Å². The number of esters is 1. The standard InChI is InChI=1S/C21H21NO2.ClH/c23-21(24-19-13-22-11-5-6-14(19)12-22)20-17-9-3-1-7-15(17)16-8-2-4-10-18(16)20;/h1-4,7-10,14,19-20H,5-6,11-13H2;1H. The van der Waals surface area contributed by atoms with Crippen LogP contribution in [0.5, 0.6) is 0 Å². The van der Waals surface area contributed by atoms with Crippen LogP contribution in [-0.4, -0.2) is 31.7 Å². The summed E-state index contributed by atoms with van der Waals surface area (Å²) < 4.78 is 6.06. The summed E-state index contributed by atoms with van der Waals surface area (Å²) in [5.41, 5.74) is 4.54. The first kappa shape index (κ1) is 16.6. The fourth-order valence-electron chi connectivity index (χ4n) is 4.91. The highest BCUT2D eigenvalue weighted by Gasteiger charge is 2.43. The minimum atomic E-state index is -0.261. The number of halogens is 1. The van der Waals surface area contributed by atoms with Crippen LogP contribution in [0, 0.1) is 5.92 Å². The van der Waals surface area contributed by atoms with Gasteiger partial charge in [0, 0.05) is 0 Å². The molecule has 2 saturated heterocycles. The van der Waals surface area contributed by atoms with E-state index in [1.165, 1.54) is 37.1 Å². The van der Waals surface area contributed by atoms with Crippen LogP contribution in [0.3, 0.4) is 0 Å². The number of ether oxygens (including phenoxy) is 1. The van der Waals surface area contributed by atoms with Gasteiger partial charge in [0.2, 0.25) is 0 Å². The summed E-state index contributed by atoms with van der Waals surface area (Å²) in [5.74, 6) is 0.234. The molecule has 0 radical (unpaired) electrons. The fourth-order valence-corrected chi connectivity index (χ4v) is 4.91. The molecule has 130 valence electrons. The number of fused-ring (bicyclic) bond motifs is 5. The van der Waals surface area contributed by atoms with Gasteiger partial charge in [-0.2, -0.15) is 0 Å². The Morgan fingerprint density at radius 3 is 2.24 bits per heavy atom. The van der Waals surface area contributed by atoms with Gasteiger partial charge in [-0.1, -0.05) is 48.5 Å². The van der Waals surface area contributed by atoms with E-state index >= 15 is 0 Å². The quantitative estimate of drug-likeness (QED) is 0.702. The van der Waals surface area contributed by atoms with Crippen molar-refractivity contribution < 1.29 is 26.8 Å². The molecule has 0 amide bonds. The number of hydrogen-bond donors (Lipinski definition) is 1. The number of quaternary nitrogens is 1. The molecular weight excluding hydrogens is 334 g/mol. The van der Waals surface area contributed by atoms with E-state index in [9.17, 15) is 4.79 Å².